The number of hydrazine groups is 1. The monoisotopic (exact) mass is 327 g/mol. The van der Waals surface area contributed by atoms with Crippen LogP contribution in [0, 0.1) is 13.8 Å². The van der Waals surface area contributed by atoms with Gasteiger partial charge in [-0.05, 0) is 62.2 Å². The molecule has 0 spiro atoms. The Balaban J connectivity index is 2.06. The predicted molar refractivity (Wildman–Crippen MR) is 92.7 cm³/mol. The predicted octanol–water partition coefficient (Wildman–Crippen LogP) is 2.31. The minimum atomic E-state index is -0.718. The lowest BCUT2D eigenvalue weighted by molar-refractivity contribution is -0.127. The summed E-state index contributed by atoms with van der Waals surface area (Å²) in [5.74, 6) is 4.91. The molecule has 2 aromatic rings. The van der Waals surface area contributed by atoms with Gasteiger partial charge in [0.25, 0.3) is 11.8 Å². The van der Waals surface area contributed by atoms with Gasteiger partial charge in [-0.1, -0.05) is 12.1 Å². The molecule has 0 fully saturated rings. The lowest BCUT2D eigenvalue weighted by atomic mass is 10.1. The number of carbonyl (C=O) groups is 2. The minimum Gasteiger partial charge on any atom is -0.481 e. The van der Waals surface area contributed by atoms with Crippen LogP contribution >= 0.6 is 0 Å². The van der Waals surface area contributed by atoms with E-state index in [-0.39, 0.29) is 5.91 Å². The number of amides is 2. The van der Waals surface area contributed by atoms with Crippen LogP contribution in [0.2, 0.25) is 0 Å². The molecule has 0 radical (unpaired) electrons. The number of anilines is 1. The van der Waals surface area contributed by atoms with Gasteiger partial charge in [-0.15, -0.1) is 0 Å². The molecule has 0 aliphatic carbocycles. The molecule has 0 heterocycles. The van der Waals surface area contributed by atoms with Crippen LogP contribution in [0.3, 0.4) is 0 Å². The second kappa shape index (κ2) is 7.61. The molecule has 2 aromatic carbocycles. The van der Waals surface area contributed by atoms with E-state index in [1.165, 1.54) is 0 Å². The van der Waals surface area contributed by atoms with E-state index in [0.29, 0.717) is 11.3 Å². The van der Waals surface area contributed by atoms with Gasteiger partial charge in [-0.25, -0.2) is 5.84 Å². The van der Waals surface area contributed by atoms with Gasteiger partial charge in [-0.2, -0.15) is 0 Å². The van der Waals surface area contributed by atoms with Crippen molar-refractivity contribution in [3.63, 3.8) is 0 Å². The van der Waals surface area contributed by atoms with Gasteiger partial charge in [-0.3, -0.25) is 15.0 Å². The third-order valence-corrected chi connectivity index (χ3v) is 3.79. The van der Waals surface area contributed by atoms with Gasteiger partial charge in [0.15, 0.2) is 6.10 Å². The van der Waals surface area contributed by atoms with E-state index in [9.17, 15) is 9.59 Å². The molecular weight excluding hydrogens is 306 g/mol. The summed E-state index contributed by atoms with van der Waals surface area (Å²) in [4.78, 5) is 23.7. The van der Waals surface area contributed by atoms with Crippen molar-refractivity contribution in [2.24, 2.45) is 5.84 Å². The Morgan fingerprint density at radius 2 is 1.75 bits per heavy atom. The van der Waals surface area contributed by atoms with Crippen molar-refractivity contribution in [2.45, 2.75) is 26.9 Å². The molecule has 24 heavy (non-hydrogen) atoms. The summed E-state index contributed by atoms with van der Waals surface area (Å²) in [6.07, 6.45) is -0.718. The number of ether oxygens (including phenoxy) is 1. The van der Waals surface area contributed by atoms with Gasteiger partial charge in [0, 0.05) is 11.3 Å². The highest BCUT2D eigenvalue weighted by molar-refractivity contribution is 6.04. The van der Waals surface area contributed by atoms with E-state index in [2.05, 4.69) is 5.32 Å². The zero-order valence-corrected chi connectivity index (χ0v) is 13.9. The van der Waals surface area contributed by atoms with Crippen molar-refractivity contribution in [1.29, 1.82) is 0 Å². The van der Waals surface area contributed by atoms with E-state index in [0.717, 1.165) is 16.8 Å². The maximum Gasteiger partial charge on any atom is 0.274 e. The van der Waals surface area contributed by atoms with Crippen molar-refractivity contribution in [3.05, 3.63) is 59.2 Å². The largest absolute Gasteiger partial charge is 0.481 e. The molecular formula is C18H21N3O3. The van der Waals surface area contributed by atoms with Gasteiger partial charge in [0.05, 0.1) is 0 Å². The van der Waals surface area contributed by atoms with Crippen LogP contribution in [0.25, 0.3) is 0 Å². The van der Waals surface area contributed by atoms with Gasteiger partial charge in [0.1, 0.15) is 5.75 Å². The van der Waals surface area contributed by atoms with E-state index in [1.54, 1.807) is 31.2 Å². The first-order valence-electron chi connectivity index (χ1n) is 7.57. The highest BCUT2D eigenvalue weighted by Crippen LogP contribution is 2.20. The molecule has 6 heteroatoms. The second-order valence-corrected chi connectivity index (χ2v) is 5.49. The molecule has 0 aliphatic rings. The van der Waals surface area contributed by atoms with Crippen LogP contribution in [0.15, 0.2) is 42.5 Å². The zero-order chi connectivity index (χ0) is 17.7. The Bertz CT molecular complexity index is 742. The molecule has 0 aromatic heterocycles. The Morgan fingerprint density at radius 3 is 2.38 bits per heavy atom. The number of rotatable bonds is 5. The van der Waals surface area contributed by atoms with Crippen molar-refractivity contribution in [3.8, 4) is 5.75 Å². The molecule has 126 valence electrons. The highest BCUT2D eigenvalue weighted by atomic mass is 16.5. The van der Waals surface area contributed by atoms with E-state index < -0.39 is 12.0 Å². The maximum atomic E-state index is 12.3. The molecule has 0 aliphatic heterocycles. The summed E-state index contributed by atoms with van der Waals surface area (Å²) in [5, 5.41) is 2.89. The van der Waals surface area contributed by atoms with Gasteiger partial charge < -0.3 is 10.1 Å². The molecule has 1 atom stereocenters. The third kappa shape index (κ3) is 4.11. The molecule has 4 N–H and O–H groups in total. The van der Waals surface area contributed by atoms with Crippen molar-refractivity contribution in [2.75, 3.05) is 5.32 Å². The fourth-order valence-electron chi connectivity index (χ4n) is 2.14. The fourth-order valence-corrected chi connectivity index (χ4v) is 2.14. The quantitative estimate of drug-likeness (QED) is 0.446. The fraction of sp³-hybridized carbons (Fsp3) is 0.222. The summed E-state index contributed by atoms with van der Waals surface area (Å²) < 4.78 is 5.43. The molecule has 0 bridgehead atoms. The average molecular weight is 327 g/mol. The lowest BCUT2D eigenvalue weighted by Crippen LogP contribution is -2.40. The van der Waals surface area contributed by atoms with E-state index in [4.69, 9.17) is 10.6 Å². The molecule has 6 nitrogen and oxygen atoms in total. The maximum absolute atomic E-state index is 12.3. The van der Waals surface area contributed by atoms with Crippen molar-refractivity contribution >= 4 is 17.5 Å². The van der Waals surface area contributed by atoms with Crippen LogP contribution < -0.4 is 21.3 Å². The number of carbonyl (C=O) groups excluding carboxylic acids is 2. The second-order valence-electron chi connectivity index (χ2n) is 5.49. The summed E-state index contributed by atoms with van der Waals surface area (Å²) >= 11 is 0. The van der Waals surface area contributed by atoms with Crippen LogP contribution in [-0.2, 0) is 4.79 Å². The number of hydrogen-bond donors (Lipinski definition) is 3. The highest BCUT2D eigenvalue weighted by Gasteiger charge is 2.13. The number of aryl methyl sites for hydroxylation is 1. The third-order valence-electron chi connectivity index (χ3n) is 3.79. The molecule has 2 amide bonds. The number of benzene rings is 2. The Kier molecular flexibility index (Phi) is 5.55. The first-order valence-corrected chi connectivity index (χ1v) is 7.57. The lowest BCUT2D eigenvalue weighted by Gasteiger charge is -2.13. The van der Waals surface area contributed by atoms with Crippen LogP contribution in [0.1, 0.15) is 28.4 Å². The summed E-state index contributed by atoms with van der Waals surface area (Å²) in [5.41, 5.74) is 5.46. The minimum absolute atomic E-state index is 0.206. The molecule has 0 saturated heterocycles. The Morgan fingerprint density at radius 1 is 1.08 bits per heavy atom. The smallest absolute Gasteiger partial charge is 0.274 e. The number of nitrogens with two attached hydrogens (primary N) is 1. The van der Waals surface area contributed by atoms with Crippen LogP contribution in [-0.4, -0.2) is 17.9 Å². The van der Waals surface area contributed by atoms with Crippen molar-refractivity contribution < 1.29 is 14.3 Å². The average Bonchev–Trinajstić information content (AvgIpc) is 2.58. The van der Waals surface area contributed by atoms with Crippen molar-refractivity contribution in [1.82, 2.24) is 5.43 Å². The first kappa shape index (κ1) is 17.5. The van der Waals surface area contributed by atoms with E-state index >= 15 is 0 Å². The molecule has 0 unspecified atom stereocenters. The number of hydrogen-bond acceptors (Lipinski definition) is 4. The van der Waals surface area contributed by atoms with Crippen LogP contribution in [0.4, 0.5) is 5.69 Å². The topological polar surface area (TPSA) is 93.4 Å². The van der Waals surface area contributed by atoms with Gasteiger partial charge >= 0.3 is 0 Å². The SMILES string of the molecule is Cc1cccc(NC(=O)c2ccc(O[C@@H](C)C(=O)NN)cc2)c1C. The number of nitrogens with one attached hydrogen (secondary N) is 2. The van der Waals surface area contributed by atoms with E-state index in [1.807, 2.05) is 37.5 Å². The molecule has 0 saturated carbocycles. The van der Waals surface area contributed by atoms with Crippen LogP contribution in [0.5, 0.6) is 5.75 Å². The standard InChI is InChI=1S/C18H21N3O3/c1-11-5-4-6-16(12(11)2)20-18(23)14-7-9-15(10-8-14)24-13(3)17(22)21-19/h4-10,13H,19H2,1-3H3,(H,20,23)(H,21,22)/t13-/m0/s1. The van der Waals surface area contributed by atoms with Gasteiger partial charge in [0.2, 0.25) is 0 Å². The normalized spacial score (nSPS) is 11.5. The Hall–Kier alpha value is -2.86. The Labute approximate surface area is 141 Å². The summed E-state index contributed by atoms with van der Waals surface area (Å²) in [6.45, 7) is 5.55. The molecule has 2 rings (SSSR count). The summed E-state index contributed by atoms with van der Waals surface area (Å²) in [7, 11) is 0. The first-order chi connectivity index (χ1) is 11.4. The zero-order valence-electron chi connectivity index (χ0n) is 13.9. The summed E-state index contributed by atoms with van der Waals surface area (Å²) in [6, 6.07) is 12.3.